The number of ether oxygens (including phenoxy) is 2. The fourth-order valence-corrected chi connectivity index (χ4v) is 2.45. The lowest BCUT2D eigenvalue weighted by atomic mass is 10.1. The van der Waals surface area contributed by atoms with E-state index < -0.39 is 31.0 Å². The highest BCUT2D eigenvalue weighted by molar-refractivity contribution is 5.95. The molecule has 0 heterocycles. The van der Waals surface area contributed by atoms with E-state index in [9.17, 15) is 14.4 Å². The fraction of sp³-hybridized carbons (Fsp3) is 0.286. The van der Waals surface area contributed by atoms with Crippen LogP contribution in [-0.4, -0.2) is 31.0 Å². The van der Waals surface area contributed by atoms with Crippen LogP contribution in [0.15, 0.2) is 48.5 Å². The number of hydrogen-bond acceptors (Lipinski definition) is 5. The summed E-state index contributed by atoms with van der Waals surface area (Å²) in [7, 11) is 0. The van der Waals surface area contributed by atoms with Crippen LogP contribution in [0.4, 0.5) is 5.69 Å². The Hall–Kier alpha value is -3.35. The van der Waals surface area contributed by atoms with Gasteiger partial charge in [0.05, 0.1) is 5.56 Å². The second-order valence-electron chi connectivity index (χ2n) is 6.16. The topological polar surface area (TPSA) is 108 Å². The van der Waals surface area contributed by atoms with Crippen molar-refractivity contribution < 1.29 is 23.9 Å². The van der Waals surface area contributed by atoms with Crippen LogP contribution in [0.5, 0.6) is 5.75 Å². The van der Waals surface area contributed by atoms with E-state index >= 15 is 0 Å². The molecular weight excluding hydrogens is 360 g/mol. The minimum absolute atomic E-state index is 0.162. The van der Waals surface area contributed by atoms with E-state index in [1.165, 1.54) is 17.7 Å². The van der Waals surface area contributed by atoms with Crippen molar-refractivity contribution in [3.63, 3.8) is 0 Å². The molecule has 2 aromatic rings. The average molecular weight is 384 g/mol. The van der Waals surface area contributed by atoms with Crippen LogP contribution in [0.2, 0.25) is 0 Å². The highest BCUT2D eigenvalue weighted by Crippen LogP contribution is 2.17. The zero-order chi connectivity index (χ0) is 20.4. The summed E-state index contributed by atoms with van der Waals surface area (Å²) in [5.41, 5.74) is 7.24. The number of nitrogens with one attached hydrogen (secondary N) is 1. The van der Waals surface area contributed by atoms with E-state index in [-0.39, 0.29) is 11.3 Å². The summed E-state index contributed by atoms with van der Waals surface area (Å²) in [4.78, 5) is 35.0. The molecule has 7 heteroatoms. The Bertz CT molecular complexity index is 818. The highest BCUT2D eigenvalue weighted by atomic mass is 16.6. The number of amides is 2. The zero-order valence-electron chi connectivity index (χ0n) is 15.8. The van der Waals surface area contributed by atoms with Crippen molar-refractivity contribution in [1.82, 2.24) is 0 Å². The predicted molar refractivity (Wildman–Crippen MR) is 105 cm³/mol. The van der Waals surface area contributed by atoms with Crippen LogP contribution in [-0.2, 0) is 20.7 Å². The van der Waals surface area contributed by atoms with Gasteiger partial charge in [0.2, 0.25) is 0 Å². The van der Waals surface area contributed by atoms with Gasteiger partial charge in [-0.1, -0.05) is 37.6 Å². The van der Waals surface area contributed by atoms with Crippen molar-refractivity contribution in [3.8, 4) is 5.75 Å². The molecule has 2 rings (SSSR count). The minimum atomic E-state index is -0.732. The first kappa shape index (κ1) is 21.0. The molecule has 0 atom stereocenters. The Labute approximate surface area is 163 Å². The Balaban J connectivity index is 1.75. The molecule has 0 saturated carbocycles. The number of nitrogens with two attached hydrogens (primary N) is 1. The van der Waals surface area contributed by atoms with E-state index in [2.05, 4.69) is 12.2 Å². The van der Waals surface area contributed by atoms with Gasteiger partial charge in [-0.05, 0) is 42.7 Å². The maximum absolute atomic E-state index is 11.9. The molecule has 0 bridgehead atoms. The monoisotopic (exact) mass is 384 g/mol. The molecule has 7 nitrogen and oxygen atoms in total. The number of rotatable bonds is 10. The maximum atomic E-state index is 11.9. The highest BCUT2D eigenvalue weighted by Gasteiger charge is 2.12. The second-order valence-corrected chi connectivity index (χ2v) is 6.16. The first-order valence-electron chi connectivity index (χ1n) is 9.05. The van der Waals surface area contributed by atoms with Gasteiger partial charge < -0.3 is 20.5 Å². The third kappa shape index (κ3) is 6.75. The zero-order valence-corrected chi connectivity index (χ0v) is 15.8. The molecule has 0 aliphatic heterocycles. The second kappa shape index (κ2) is 10.7. The average Bonchev–Trinajstić information content (AvgIpc) is 2.70. The predicted octanol–water partition coefficient (Wildman–Crippen LogP) is 2.69. The van der Waals surface area contributed by atoms with Crippen molar-refractivity contribution in [2.75, 3.05) is 18.5 Å². The Kier molecular flexibility index (Phi) is 8.02. The van der Waals surface area contributed by atoms with Gasteiger partial charge in [-0.25, -0.2) is 4.79 Å². The lowest BCUT2D eigenvalue weighted by Crippen LogP contribution is -2.24. The molecule has 0 aliphatic carbocycles. The van der Waals surface area contributed by atoms with Crippen LogP contribution >= 0.6 is 0 Å². The first-order valence-corrected chi connectivity index (χ1v) is 9.05. The van der Waals surface area contributed by atoms with Crippen molar-refractivity contribution in [3.05, 3.63) is 59.7 Å². The third-order valence-electron chi connectivity index (χ3n) is 3.92. The number of carbonyl (C=O) groups excluding carboxylic acids is 3. The molecule has 0 radical (unpaired) electrons. The lowest BCUT2D eigenvalue weighted by Gasteiger charge is -2.10. The quantitative estimate of drug-likeness (QED) is 0.612. The Morgan fingerprint density at radius 2 is 1.71 bits per heavy atom. The molecule has 0 unspecified atom stereocenters. The van der Waals surface area contributed by atoms with Crippen molar-refractivity contribution >= 4 is 23.5 Å². The SMILES string of the molecule is CCCCc1ccc(NC(=O)COC(=O)COc2ccccc2C(N)=O)cc1. The maximum Gasteiger partial charge on any atom is 0.344 e. The molecule has 0 spiro atoms. The number of aryl methyl sites for hydroxylation is 1. The molecular formula is C21H24N2O5. The van der Waals surface area contributed by atoms with Gasteiger partial charge in [0.25, 0.3) is 11.8 Å². The van der Waals surface area contributed by atoms with Crippen LogP contribution in [0, 0.1) is 0 Å². The summed E-state index contributed by atoms with van der Waals surface area (Å²) in [6, 6.07) is 13.8. The fourth-order valence-electron chi connectivity index (χ4n) is 2.45. The number of carbonyl (C=O) groups is 3. The summed E-state index contributed by atoms with van der Waals surface area (Å²) in [5, 5.41) is 2.66. The molecule has 148 valence electrons. The van der Waals surface area contributed by atoms with E-state index in [0.29, 0.717) is 5.69 Å². The number of benzene rings is 2. The molecule has 0 fully saturated rings. The van der Waals surface area contributed by atoms with Gasteiger partial charge in [-0.15, -0.1) is 0 Å². The van der Waals surface area contributed by atoms with Crippen LogP contribution in [0.1, 0.15) is 35.7 Å². The summed E-state index contributed by atoms with van der Waals surface area (Å²) < 4.78 is 10.1. The lowest BCUT2D eigenvalue weighted by molar-refractivity contribution is -0.149. The van der Waals surface area contributed by atoms with Gasteiger partial charge >= 0.3 is 5.97 Å². The summed E-state index contributed by atoms with van der Waals surface area (Å²) >= 11 is 0. The standard InChI is InChI=1S/C21H24N2O5/c1-2-3-6-15-9-11-16(12-10-15)23-19(24)13-28-20(25)14-27-18-8-5-4-7-17(18)21(22)26/h4-5,7-12H,2-3,6,13-14H2,1H3,(H2,22,26)(H,23,24). The molecule has 2 amide bonds. The molecule has 2 aromatic carbocycles. The van der Waals surface area contributed by atoms with Crippen LogP contribution in [0.3, 0.4) is 0 Å². The number of hydrogen-bond donors (Lipinski definition) is 2. The van der Waals surface area contributed by atoms with Crippen molar-refractivity contribution in [1.29, 1.82) is 0 Å². The molecule has 0 aromatic heterocycles. The van der Waals surface area contributed by atoms with Crippen LogP contribution in [0.25, 0.3) is 0 Å². The summed E-state index contributed by atoms with van der Waals surface area (Å²) in [5.74, 6) is -1.67. The largest absolute Gasteiger partial charge is 0.481 e. The number of esters is 1. The molecule has 0 aliphatic rings. The van der Waals surface area contributed by atoms with Gasteiger partial charge in [0.1, 0.15) is 5.75 Å². The number of unbranched alkanes of at least 4 members (excludes halogenated alkanes) is 1. The molecule has 28 heavy (non-hydrogen) atoms. The van der Waals surface area contributed by atoms with E-state index in [1.54, 1.807) is 12.1 Å². The Morgan fingerprint density at radius 3 is 2.39 bits per heavy atom. The van der Waals surface area contributed by atoms with E-state index in [4.69, 9.17) is 15.2 Å². The summed E-state index contributed by atoms with van der Waals surface area (Å²) in [6.45, 7) is 1.26. The minimum Gasteiger partial charge on any atom is -0.481 e. The third-order valence-corrected chi connectivity index (χ3v) is 3.92. The van der Waals surface area contributed by atoms with Gasteiger partial charge in [0, 0.05) is 5.69 Å². The number of primary amides is 1. The summed E-state index contributed by atoms with van der Waals surface area (Å²) in [6.07, 6.45) is 3.25. The van der Waals surface area contributed by atoms with Gasteiger partial charge in [-0.2, -0.15) is 0 Å². The molecule has 0 saturated heterocycles. The smallest absolute Gasteiger partial charge is 0.344 e. The van der Waals surface area contributed by atoms with Crippen molar-refractivity contribution in [2.45, 2.75) is 26.2 Å². The first-order chi connectivity index (χ1) is 13.5. The van der Waals surface area contributed by atoms with Crippen molar-refractivity contribution in [2.24, 2.45) is 5.73 Å². The van der Waals surface area contributed by atoms with Gasteiger partial charge in [0.15, 0.2) is 13.2 Å². The van der Waals surface area contributed by atoms with Gasteiger partial charge in [-0.3, -0.25) is 9.59 Å². The van der Waals surface area contributed by atoms with E-state index in [0.717, 1.165) is 19.3 Å². The van der Waals surface area contributed by atoms with Crippen LogP contribution < -0.4 is 15.8 Å². The number of para-hydroxylation sites is 1. The Morgan fingerprint density at radius 1 is 1.00 bits per heavy atom. The molecule has 3 N–H and O–H groups in total. The normalized spacial score (nSPS) is 10.2. The van der Waals surface area contributed by atoms with E-state index in [1.807, 2.05) is 24.3 Å². The number of anilines is 1.